The van der Waals surface area contributed by atoms with Crippen LogP contribution in [0.2, 0.25) is 0 Å². The lowest BCUT2D eigenvalue weighted by molar-refractivity contribution is 0.174. The van der Waals surface area contributed by atoms with Crippen LogP contribution in [-0.2, 0) is 13.1 Å². The molecule has 0 aliphatic carbocycles. The van der Waals surface area contributed by atoms with Crippen molar-refractivity contribution < 1.29 is 4.39 Å². The number of aromatic nitrogens is 6. The summed E-state index contributed by atoms with van der Waals surface area (Å²) in [4.78, 5) is 12.8. The minimum Gasteiger partial charge on any atom is -0.297 e. The average Bonchev–Trinajstić information content (AvgIpc) is 3.15. The van der Waals surface area contributed by atoms with Crippen LogP contribution in [0.1, 0.15) is 38.0 Å². The van der Waals surface area contributed by atoms with E-state index in [9.17, 15) is 4.39 Å². The SMILES string of the molecule is CC(C)n1nnnc1CN(C)C[C@@H]1C[C@H](F)CN1Cc1ncccn1. The molecular formula is C16H25FN8. The van der Waals surface area contributed by atoms with E-state index < -0.39 is 6.17 Å². The van der Waals surface area contributed by atoms with E-state index in [4.69, 9.17) is 0 Å². The van der Waals surface area contributed by atoms with E-state index in [0.717, 1.165) is 18.2 Å². The van der Waals surface area contributed by atoms with Gasteiger partial charge in [0.15, 0.2) is 5.82 Å². The van der Waals surface area contributed by atoms with Gasteiger partial charge in [0.2, 0.25) is 0 Å². The van der Waals surface area contributed by atoms with Crippen molar-refractivity contribution in [1.82, 2.24) is 40.0 Å². The van der Waals surface area contributed by atoms with E-state index in [1.54, 1.807) is 18.5 Å². The fourth-order valence-electron chi connectivity index (χ4n) is 3.28. The Morgan fingerprint density at radius 2 is 2.08 bits per heavy atom. The molecule has 0 N–H and O–H groups in total. The largest absolute Gasteiger partial charge is 0.297 e. The van der Waals surface area contributed by atoms with Gasteiger partial charge in [-0.25, -0.2) is 19.0 Å². The molecule has 1 fully saturated rings. The Bertz CT molecular complexity index is 661. The Balaban J connectivity index is 1.60. The van der Waals surface area contributed by atoms with Crippen molar-refractivity contribution in [1.29, 1.82) is 0 Å². The molecule has 2 aromatic rings. The van der Waals surface area contributed by atoms with Crippen molar-refractivity contribution in [2.45, 2.75) is 51.6 Å². The summed E-state index contributed by atoms with van der Waals surface area (Å²) in [5.74, 6) is 1.55. The number of likely N-dealkylation sites (tertiary alicyclic amines) is 1. The first-order valence-electron chi connectivity index (χ1n) is 8.62. The number of likely N-dealkylation sites (N-methyl/N-ethyl adjacent to an activating group) is 1. The normalized spacial score (nSPS) is 21.5. The zero-order valence-electron chi connectivity index (χ0n) is 15.0. The Morgan fingerprint density at radius 3 is 2.80 bits per heavy atom. The molecule has 0 bridgehead atoms. The number of halogens is 1. The Morgan fingerprint density at radius 1 is 1.32 bits per heavy atom. The first-order chi connectivity index (χ1) is 12.0. The van der Waals surface area contributed by atoms with Crippen molar-refractivity contribution in [3.05, 3.63) is 30.1 Å². The van der Waals surface area contributed by atoms with Crippen molar-refractivity contribution in [3.8, 4) is 0 Å². The first-order valence-corrected chi connectivity index (χ1v) is 8.62. The van der Waals surface area contributed by atoms with Crippen LogP contribution in [-0.4, -0.2) is 72.3 Å². The number of alkyl halides is 1. The van der Waals surface area contributed by atoms with Gasteiger partial charge in [-0.2, -0.15) is 0 Å². The fraction of sp³-hybridized carbons (Fsp3) is 0.688. The maximum absolute atomic E-state index is 14.0. The Labute approximate surface area is 147 Å². The summed E-state index contributed by atoms with van der Waals surface area (Å²) in [6.45, 7) is 6.48. The van der Waals surface area contributed by atoms with Gasteiger partial charge in [-0.3, -0.25) is 9.80 Å². The highest BCUT2D eigenvalue weighted by Gasteiger charge is 2.33. The third-order valence-corrected chi connectivity index (χ3v) is 4.42. The first kappa shape index (κ1) is 17.8. The lowest BCUT2D eigenvalue weighted by atomic mass is 10.2. The van der Waals surface area contributed by atoms with Crippen LogP contribution >= 0.6 is 0 Å². The predicted molar refractivity (Wildman–Crippen MR) is 90.3 cm³/mol. The van der Waals surface area contributed by atoms with Crippen LogP contribution in [0.5, 0.6) is 0 Å². The monoisotopic (exact) mass is 348 g/mol. The lowest BCUT2D eigenvalue weighted by Gasteiger charge is -2.27. The van der Waals surface area contributed by atoms with Crippen LogP contribution in [0.15, 0.2) is 18.5 Å². The average molecular weight is 348 g/mol. The molecule has 0 saturated carbocycles. The number of hydrogen-bond donors (Lipinski definition) is 0. The minimum atomic E-state index is -0.803. The molecule has 1 aliphatic heterocycles. The molecule has 9 heteroatoms. The number of tetrazole rings is 1. The summed E-state index contributed by atoms with van der Waals surface area (Å²) in [5, 5.41) is 11.9. The molecule has 8 nitrogen and oxygen atoms in total. The van der Waals surface area contributed by atoms with Crippen LogP contribution < -0.4 is 0 Å². The van der Waals surface area contributed by atoms with Crippen LogP contribution in [0, 0.1) is 0 Å². The number of rotatable bonds is 7. The molecule has 2 aromatic heterocycles. The van der Waals surface area contributed by atoms with Gasteiger partial charge in [-0.15, -0.1) is 5.10 Å². The quantitative estimate of drug-likeness (QED) is 0.741. The molecular weight excluding hydrogens is 323 g/mol. The van der Waals surface area contributed by atoms with Crippen molar-refractivity contribution in [2.24, 2.45) is 0 Å². The summed E-state index contributed by atoms with van der Waals surface area (Å²) >= 11 is 0. The molecule has 136 valence electrons. The van der Waals surface area contributed by atoms with Gasteiger partial charge in [0.05, 0.1) is 19.1 Å². The standard InChI is InChI=1S/C16H25FN8/c1-12(2)25-16(20-21-22-25)11-23(3)9-14-7-13(17)8-24(14)10-15-18-5-4-6-19-15/h4-6,12-14H,7-11H2,1-3H3/t13-,14-/m0/s1. The van der Waals surface area contributed by atoms with Crippen LogP contribution in [0.4, 0.5) is 4.39 Å². The van der Waals surface area contributed by atoms with E-state index in [0.29, 0.717) is 26.1 Å². The molecule has 0 amide bonds. The maximum Gasteiger partial charge on any atom is 0.165 e. The third kappa shape index (κ3) is 4.55. The summed E-state index contributed by atoms with van der Waals surface area (Å²) in [5.41, 5.74) is 0. The van der Waals surface area contributed by atoms with Crippen molar-refractivity contribution >= 4 is 0 Å². The van der Waals surface area contributed by atoms with E-state index in [1.165, 1.54) is 0 Å². The summed E-state index contributed by atoms with van der Waals surface area (Å²) in [6.07, 6.45) is 3.17. The predicted octanol–water partition coefficient (Wildman–Crippen LogP) is 1.09. The van der Waals surface area contributed by atoms with Gasteiger partial charge in [-0.05, 0) is 43.8 Å². The van der Waals surface area contributed by atoms with E-state index >= 15 is 0 Å². The molecule has 0 unspecified atom stereocenters. The van der Waals surface area contributed by atoms with E-state index in [1.807, 2.05) is 25.6 Å². The molecule has 0 spiro atoms. The highest BCUT2D eigenvalue weighted by molar-refractivity contribution is 4.94. The topological polar surface area (TPSA) is 75.9 Å². The second kappa shape index (κ2) is 7.92. The zero-order chi connectivity index (χ0) is 17.8. The lowest BCUT2D eigenvalue weighted by Crippen LogP contribution is -2.39. The van der Waals surface area contributed by atoms with Crippen molar-refractivity contribution in [2.75, 3.05) is 20.1 Å². The highest BCUT2D eigenvalue weighted by Crippen LogP contribution is 2.23. The highest BCUT2D eigenvalue weighted by atomic mass is 19.1. The van der Waals surface area contributed by atoms with Crippen LogP contribution in [0.3, 0.4) is 0 Å². The number of hydrogen-bond acceptors (Lipinski definition) is 7. The van der Waals surface area contributed by atoms with Gasteiger partial charge in [0, 0.05) is 31.5 Å². The van der Waals surface area contributed by atoms with Gasteiger partial charge < -0.3 is 0 Å². The fourth-order valence-corrected chi connectivity index (χ4v) is 3.28. The zero-order valence-corrected chi connectivity index (χ0v) is 15.0. The van der Waals surface area contributed by atoms with Gasteiger partial charge >= 0.3 is 0 Å². The number of nitrogens with zero attached hydrogens (tertiary/aromatic N) is 8. The summed E-state index contributed by atoms with van der Waals surface area (Å²) in [6, 6.07) is 2.13. The molecule has 25 heavy (non-hydrogen) atoms. The van der Waals surface area contributed by atoms with Crippen LogP contribution in [0.25, 0.3) is 0 Å². The summed E-state index contributed by atoms with van der Waals surface area (Å²) < 4.78 is 15.8. The Kier molecular flexibility index (Phi) is 5.64. The minimum absolute atomic E-state index is 0.132. The second-order valence-corrected chi connectivity index (χ2v) is 6.91. The molecule has 2 atom stereocenters. The second-order valence-electron chi connectivity index (χ2n) is 6.91. The molecule has 3 rings (SSSR count). The van der Waals surface area contributed by atoms with E-state index in [2.05, 4.69) is 35.3 Å². The molecule has 1 aliphatic rings. The maximum atomic E-state index is 14.0. The summed E-state index contributed by atoms with van der Waals surface area (Å²) in [7, 11) is 2.02. The van der Waals surface area contributed by atoms with Gasteiger partial charge in [0.25, 0.3) is 0 Å². The Hall–Kier alpha value is -2.00. The molecule has 0 radical (unpaired) electrons. The van der Waals surface area contributed by atoms with Crippen molar-refractivity contribution in [3.63, 3.8) is 0 Å². The molecule has 0 aromatic carbocycles. The third-order valence-electron chi connectivity index (χ3n) is 4.42. The molecule has 3 heterocycles. The molecule has 1 saturated heterocycles. The smallest absolute Gasteiger partial charge is 0.165 e. The van der Waals surface area contributed by atoms with Gasteiger partial charge in [0.1, 0.15) is 12.0 Å². The van der Waals surface area contributed by atoms with Gasteiger partial charge in [-0.1, -0.05) is 0 Å². The van der Waals surface area contributed by atoms with E-state index in [-0.39, 0.29) is 12.1 Å².